The molecule has 0 spiro atoms. The number of benzene rings is 1. The van der Waals surface area contributed by atoms with E-state index in [-0.39, 0.29) is 34.7 Å². The summed E-state index contributed by atoms with van der Waals surface area (Å²) < 4.78 is 48.5. The van der Waals surface area contributed by atoms with Crippen LogP contribution in [0.1, 0.15) is 51.2 Å². The molecule has 44 heavy (non-hydrogen) atoms. The number of aryl methyl sites for hydroxylation is 2. The van der Waals surface area contributed by atoms with Crippen molar-refractivity contribution in [2.75, 3.05) is 16.4 Å². The normalized spacial score (nSPS) is 14.9. The largest absolute Gasteiger partial charge is 0.491 e. The molecule has 0 bridgehead atoms. The van der Waals surface area contributed by atoms with Gasteiger partial charge >= 0.3 is 6.18 Å². The summed E-state index contributed by atoms with van der Waals surface area (Å²) in [5.74, 6) is 0.546. The summed E-state index contributed by atoms with van der Waals surface area (Å²) in [5, 5.41) is 4.51. The molecule has 1 aromatic carbocycles. The number of H-pyrrole nitrogens is 1. The van der Waals surface area contributed by atoms with Crippen LogP contribution in [0.5, 0.6) is 5.75 Å². The van der Waals surface area contributed by atoms with Crippen LogP contribution in [0.4, 0.5) is 30.4 Å². The molecule has 0 aliphatic carbocycles. The van der Waals surface area contributed by atoms with Crippen molar-refractivity contribution in [3.05, 3.63) is 69.2 Å². The van der Waals surface area contributed by atoms with Crippen molar-refractivity contribution in [1.82, 2.24) is 24.6 Å². The highest BCUT2D eigenvalue weighted by Gasteiger charge is 2.51. The van der Waals surface area contributed by atoms with E-state index in [9.17, 15) is 22.8 Å². The molecule has 1 saturated heterocycles. The van der Waals surface area contributed by atoms with Crippen molar-refractivity contribution in [3.63, 3.8) is 0 Å². The first-order valence-corrected chi connectivity index (χ1v) is 14.1. The van der Waals surface area contributed by atoms with E-state index in [4.69, 9.17) is 28.5 Å². The smallest absolute Gasteiger partial charge is 0.407 e. The summed E-state index contributed by atoms with van der Waals surface area (Å²) >= 11 is 5.66. The van der Waals surface area contributed by atoms with E-state index in [1.165, 1.54) is 15.5 Å². The van der Waals surface area contributed by atoms with Gasteiger partial charge in [0.1, 0.15) is 22.9 Å². The van der Waals surface area contributed by atoms with Crippen molar-refractivity contribution in [3.8, 4) is 17.3 Å². The molecule has 1 aliphatic heterocycles. The molecule has 3 aromatic heterocycles. The van der Waals surface area contributed by atoms with E-state index in [2.05, 4.69) is 19.9 Å². The van der Waals surface area contributed by atoms with Gasteiger partial charge in [0, 0.05) is 12.1 Å². The Hall–Kier alpha value is -4.84. The van der Waals surface area contributed by atoms with Crippen LogP contribution in [-0.4, -0.2) is 47.7 Å². The number of alkyl halides is 3. The number of carbonyl (C=O) groups excluding carboxylic acids is 1. The van der Waals surface area contributed by atoms with Crippen molar-refractivity contribution in [2.24, 2.45) is 0 Å². The zero-order valence-corrected chi connectivity index (χ0v) is 25.2. The predicted octanol–water partition coefficient (Wildman–Crippen LogP) is 5.63. The number of amides is 1. The maximum Gasteiger partial charge on any atom is 0.407 e. The Bertz CT molecular complexity index is 1930. The number of hydrogen-bond acceptors (Lipinski definition) is 7. The number of imidazole rings is 1. The molecule has 11 nitrogen and oxygen atoms in total. The number of hydrogen-bond donors (Lipinski definition) is 1. The Morgan fingerprint density at radius 3 is 2.50 bits per heavy atom. The van der Waals surface area contributed by atoms with Crippen LogP contribution in [0.2, 0.25) is 0 Å². The van der Waals surface area contributed by atoms with E-state index >= 15 is 0 Å². The van der Waals surface area contributed by atoms with Gasteiger partial charge in [0.25, 0.3) is 11.5 Å². The van der Waals surface area contributed by atoms with Gasteiger partial charge in [-0.3, -0.25) is 19.4 Å². The Morgan fingerprint density at radius 1 is 1.14 bits per heavy atom. The van der Waals surface area contributed by atoms with Crippen LogP contribution in [0.15, 0.2) is 35.1 Å². The van der Waals surface area contributed by atoms with E-state index in [1.807, 2.05) is 6.92 Å². The third-order valence-electron chi connectivity index (χ3n) is 7.15. The number of nitrogens with one attached hydrogen (secondary N) is 1. The van der Waals surface area contributed by atoms with Crippen LogP contribution in [0.25, 0.3) is 21.9 Å². The topological polar surface area (TPSA) is 113 Å². The van der Waals surface area contributed by atoms with Crippen molar-refractivity contribution in [2.45, 2.75) is 59.2 Å². The number of aromatic amines is 1. The lowest BCUT2D eigenvalue weighted by Gasteiger charge is -2.28. The van der Waals surface area contributed by atoms with Gasteiger partial charge in [-0.15, -0.1) is 5.10 Å². The van der Waals surface area contributed by atoms with Crippen LogP contribution < -0.4 is 20.1 Å². The summed E-state index contributed by atoms with van der Waals surface area (Å²) in [7, 11) is 0. The average molecular weight is 625 g/mol. The second kappa shape index (κ2) is 11.0. The Labute approximate surface area is 255 Å². The van der Waals surface area contributed by atoms with Crippen LogP contribution >= 0.6 is 12.2 Å². The SMILES string of the molecule is [C-]#[N+]c1ccc(N2C(=O)C(C)(C)N(c3ccc(OCC)c(-c4nn5c(CCC)nc(C)c5c(=O)[nH]4)n3)C2=S)cc1C(F)(F)F. The molecular formula is C29H27F3N8O3S. The lowest BCUT2D eigenvalue weighted by molar-refractivity contribution is -0.136. The molecule has 1 aliphatic rings. The quantitative estimate of drug-likeness (QED) is 0.208. The molecule has 1 fully saturated rings. The van der Waals surface area contributed by atoms with Gasteiger partial charge in [-0.1, -0.05) is 13.0 Å². The van der Waals surface area contributed by atoms with Gasteiger partial charge in [0.2, 0.25) is 0 Å². The van der Waals surface area contributed by atoms with Crippen LogP contribution in [0.3, 0.4) is 0 Å². The van der Waals surface area contributed by atoms with Crippen LogP contribution in [0, 0.1) is 13.5 Å². The first-order valence-electron chi connectivity index (χ1n) is 13.6. The third kappa shape index (κ3) is 4.94. The zero-order chi connectivity index (χ0) is 32.1. The number of ether oxygens (including phenoxy) is 1. The Kier molecular flexibility index (Phi) is 7.66. The Morgan fingerprint density at radius 2 is 1.86 bits per heavy atom. The number of nitrogens with zero attached hydrogens (tertiary/aromatic N) is 7. The third-order valence-corrected chi connectivity index (χ3v) is 7.51. The highest BCUT2D eigenvalue weighted by Crippen LogP contribution is 2.42. The number of halogens is 3. The molecule has 4 heterocycles. The zero-order valence-electron chi connectivity index (χ0n) is 24.4. The first-order chi connectivity index (χ1) is 20.7. The lowest BCUT2D eigenvalue weighted by atomic mass is 10.0. The van der Waals surface area contributed by atoms with E-state index in [0.717, 1.165) is 23.5 Å². The van der Waals surface area contributed by atoms with Crippen molar-refractivity contribution >= 4 is 45.9 Å². The van der Waals surface area contributed by atoms with Gasteiger partial charge in [0.05, 0.1) is 24.4 Å². The van der Waals surface area contributed by atoms with E-state index in [0.29, 0.717) is 29.2 Å². The number of pyridine rings is 1. The number of fused-ring (bicyclic) bond motifs is 1. The van der Waals surface area contributed by atoms with Gasteiger partial charge in [0.15, 0.2) is 27.8 Å². The standard InChI is InChI=1S/C29H27F3N8O3S/c1-7-9-21-34-15(3)23-25(41)36-24(37-40(21)23)22-19(43-8-2)12-13-20(35-22)39-27(44)38(26(42)28(39,4)5)16-10-11-18(33-6)17(14-16)29(30,31)32/h10-14H,7-9H2,1-5H3,(H,36,37,41). The number of rotatable bonds is 7. The molecule has 4 aromatic rings. The molecular weight excluding hydrogens is 597 g/mol. The molecule has 0 saturated carbocycles. The highest BCUT2D eigenvalue weighted by atomic mass is 32.1. The molecule has 15 heteroatoms. The fourth-order valence-corrected chi connectivity index (χ4v) is 5.64. The average Bonchev–Trinajstić information content (AvgIpc) is 3.37. The first kappa shape index (κ1) is 30.6. The fraction of sp³-hybridized carbons (Fsp3) is 0.345. The maximum atomic E-state index is 13.7. The molecule has 0 atom stereocenters. The molecule has 1 N–H and O–H groups in total. The minimum atomic E-state index is -4.82. The van der Waals surface area contributed by atoms with Gasteiger partial charge in [-0.05, 0) is 70.6 Å². The highest BCUT2D eigenvalue weighted by molar-refractivity contribution is 7.81. The van der Waals surface area contributed by atoms with Gasteiger partial charge < -0.3 is 9.72 Å². The number of carbonyl (C=O) groups is 1. The van der Waals surface area contributed by atoms with Gasteiger partial charge in [-0.25, -0.2) is 19.3 Å². The van der Waals surface area contributed by atoms with E-state index < -0.39 is 34.4 Å². The minimum absolute atomic E-state index is 0.0817. The summed E-state index contributed by atoms with van der Waals surface area (Å²) in [6.07, 6.45) is -3.47. The molecule has 0 unspecified atom stereocenters. The monoisotopic (exact) mass is 624 g/mol. The molecule has 5 rings (SSSR count). The molecule has 228 valence electrons. The minimum Gasteiger partial charge on any atom is -0.491 e. The Balaban J connectivity index is 1.65. The maximum absolute atomic E-state index is 13.7. The second-order valence-corrected chi connectivity index (χ2v) is 10.9. The summed E-state index contributed by atoms with van der Waals surface area (Å²) in [4.78, 5) is 44.2. The molecule has 1 amide bonds. The van der Waals surface area contributed by atoms with Crippen molar-refractivity contribution in [1.29, 1.82) is 0 Å². The van der Waals surface area contributed by atoms with Gasteiger partial charge in [-0.2, -0.15) is 13.2 Å². The molecule has 0 radical (unpaired) electrons. The lowest BCUT2D eigenvalue weighted by Crippen LogP contribution is -2.44. The van der Waals surface area contributed by atoms with Crippen LogP contribution in [-0.2, 0) is 17.4 Å². The van der Waals surface area contributed by atoms with E-state index in [1.54, 1.807) is 39.8 Å². The number of anilines is 2. The number of thiocarbonyl (C=S) groups is 1. The predicted molar refractivity (Wildman–Crippen MR) is 161 cm³/mol. The fourth-order valence-electron chi connectivity index (χ4n) is 5.13. The number of aromatic nitrogens is 5. The van der Waals surface area contributed by atoms with Crippen molar-refractivity contribution < 1.29 is 22.7 Å². The second-order valence-electron chi connectivity index (χ2n) is 10.5. The summed E-state index contributed by atoms with van der Waals surface area (Å²) in [6, 6.07) is 6.14. The summed E-state index contributed by atoms with van der Waals surface area (Å²) in [5.41, 5.74) is -2.75. The summed E-state index contributed by atoms with van der Waals surface area (Å²) in [6.45, 7) is 16.0.